The van der Waals surface area contributed by atoms with Crippen LogP contribution in [-0.2, 0) is 4.74 Å². The fourth-order valence-corrected chi connectivity index (χ4v) is 3.06. The van der Waals surface area contributed by atoms with E-state index in [1.54, 1.807) is 13.2 Å². The summed E-state index contributed by atoms with van der Waals surface area (Å²) in [7, 11) is 1.78. The van der Waals surface area contributed by atoms with Crippen LogP contribution in [0.2, 0.25) is 0 Å². The van der Waals surface area contributed by atoms with Crippen LogP contribution < -0.4 is 0 Å². The summed E-state index contributed by atoms with van der Waals surface area (Å²) in [6.45, 7) is 0. The van der Waals surface area contributed by atoms with E-state index in [0.29, 0.717) is 12.1 Å². The molecule has 1 fully saturated rings. The van der Waals surface area contributed by atoms with Crippen LogP contribution in [0.1, 0.15) is 31.7 Å². The molecule has 2 nitrogen and oxygen atoms in total. The Labute approximate surface area is 106 Å². The van der Waals surface area contributed by atoms with Crippen LogP contribution in [0.5, 0.6) is 0 Å². The number of benzene rings is 1. The fourth-order valence-electron chi connectivity index (χ4n) is 3.06. The number of halogens is 1. The number of fused-ring (bicyclic) bond motifs is 1. The lowest BCUT2D eigenvalue weighted by Gasteiger charge is -2.29. The van der Waals surface area contributed by atoms with E-state index in [1.165, 1.54) is 12.5 Å². The fraction of sp³-hybridized carbons (Fsp3) is 0.467. The number of methoxy groups -OCH3 is 1. The van der Waals surface area contributed by atoms with Crippen molar-refractivity contribution in [2.24, 2.45) is 0 Å². The highest BCUT2D eigenvalue weighted by molar-refractivity contribution is 5.80. The second-order valence-corrected chi connectivity index (χ2v) is 5.07. The molecule has 0 N–H and O–H groups in total. The lowest BCUT2D eigenvalue weighted by Crippen LogP contribution is -2.23. The van der Waals surface area contributed by atoms with Crippen molar-refractivity contribution in [3.05, 3.63) is 36.3 Å². The second kappa shape index (κ2) is 4.73. The molecule has 0 aliphatic heterocycles. The highest BCUT2D eigenvalue weighted by Crippen LogP contribution is 2.33. The van der Waals surface area contributed by atoms with E-state index in [1.807, 2.05) is 18.3 Å². The Bertz CT molecular complexity index is 548. The number of hydrogen-bond donors (Lipinski definition) is 0. The molecule has 0 spiro atoms. The summed E-state index contributed by atoms with van der Waals surface area (Å²) in [5.74, 6) is -0.134. The van der Waals surface area contributed by atoms with Crippen molar-refractivity contribution in [3.8, 4) is 0 Å². The Balaban J connectivity index is 1.96. The summed E-state index contributed by atoms with van der Waals surface area (Å²) in [4.78, 5) is 0. The first-order chi connectivity index (χ1) is 8.79. The smallest absolute Gasteiger partial charge is 0.132 e. The van der Waals surface area contributed by atoms with Crippen molar-refractivity contribution in [1.29, 1.82) is 0 Å². The number of rotatable bonds is 2. The van der Waals surface area contributed by atoms with Crippen LogP contribution in [0.3, 0.4) is 0 Å². The third-order valence-electron chi connectivity index (χ3n) is 4.04. The zero-order chi connectivity index (χ0) is 12.5. The van der Waals surface area contributed by atoms with E-state index in [4.69, 9.17) is 4.74 Å². The maximum Gasteiger partial charge on any atom is 0.132 e. The average molecular weight is 247 g/mol. The molecule has 1 aliphatic carbocycles. The molecule has 1 aromatic carbocycles. The highest BCUT2D eigenvalue weighted by atomic mass is 19.1. The number of aromatic nitrogens is 1. The zero-order valence-corrected chi connectivity index (χ0v) is 10.6. The zero-order valence-electron chi connectivity index (χ0n) is 10.6. The molecule has 3 heteroatoms. The van der Waals surface area contributed by atoms with Crippen LogP contribution >= 0.6 is 0 Å². The summed E-state index contributed by atoms with van der Waals surface area (Å²) < 4.78 is 21.4. The molecule has 1 heterocycles. The van der Waals surface area contributed by atoms with Gasteiger partial charge in [0.15, 0.2) is 0 Å². The van der Waals surface area contributed by atoms with Gasteiger partial charge in [0, 0.05) is 24.7 Å². The van der Waals surface area contributed by atoms with Crippen molar-refractivity contribution in [2.75, 3.05) is 7.11 Å². The van der Waals surface area contributed by atoms with Crippen molar-refractivity contribution >= 4 is 10.9 Å². The van der Waals surface area contributed by atoms with E-state index in [-0.39, 0.29) is 5.82 Å². The number of hydrogen-bond acceptors (Lipinski definition) is 1. The topological polar surface area (TPSA) is 14.2 Å². The number of ether oxygens (including phenoxy) is 1. The van der Waals surface area contributed by atoms with Gasteiger partial charge in [-0.15, -0.1) is 0 Å². The molecular formula is C15H18FNO. The molecular weight excluding hydrogens is 229 g/mol. The maximum atomic E-state index is 13.7. The first kappa shape index (κ1) is 11.7. The van der Waals surface area contributed by atoms with Gasteiger partial charge in [0.25, 0.3) is 0 Å². The van der Waals surface area contributed by atoms with Crippen molar-refractivity contribution in [1.82, 2.24) is 4.57 Å². The lowest BCUT2D eigenvalue weighted by molar-refractivity contribution is 0.0538. The van der Waals surface area contributed by atoms with Crippen LogP contribution in [-0.4, -0.2) is 17.8 Å². The molecule has 0 bridgehead atoms. The molecule has 3 rings (SSSR count). The summed E-state index contributed by atoms with van der Waals surface area (Å²) in [6, 6.07) is 7.61. The van der Waals surface area contributed by atoms with Gasteiger partial charge in [-0.2, -0.15) is 0 Å². The van der Waals surface area contributed by atoms with Gasteiger partial charge < -0.3 is 9.30 Å². The summed E-state index contributed by atoms with van der Waals surface area (Å²) >= 11 is 0. The molecule has 18 heavy (non-hydrogen) atoms. The third kappa shape index (κ3) is 1.93. The van der Waals surface area contributed by atoms with Gasteiger partial charge in [0.2, 0.25) is 0 Å². The molecule has 2 aromatic rings. The molecule has 96 valence electrons. The monoisotopic (exact) mass is 247 g/mol. The first-order valence-corrected chi connectivity index (χ1v) is 6.57. The SMILES string of the molecule is COC1CCCC(n2ccc3c(F)cccc32)C1. The quantitative estimate of drug-likeness (QED) is 0.784. The summed E-state index contributed by atoms with van der Waals surface area (Å²) in [5.41, 5.74) is 0.997. The highest BCUT2D eigenvalue weighted by Gasteiger charge is 2.23. The average Bonchev–Trinajstić information content (AvgIpc) is 2.84. The minimum absolute atomic E-state index is 0.134. The standard InChI is InChI=1S/C15H18FNO/c1-18-12-5-2-4-11(10-12)17-9-8-13-14(16)6-3-7-15(13)17/h3,6-9,11-12H,2,4-5,10H2,1H3. The Morgan fingerprint density at radius 3 is 3.00 bits per heavy atom. The van der Waals surface area contributed by atoms with Gasteiger partial charge >= 0.3 is 0 Å². The molecule has 0 radical (unpaired) electrons. The van der Waals surface area contributed by atoms with Gasteiger partial charge in [-0.25, -0.2) is 4.39 Å². The van der Waals surface area contributed by atoms with Crippen LogP contribution in [0.4, 0.5) is 4.39 Å². The van der Waals surface area contributed by atoms with E-state index in [9.17, 15) is 4.39 Å². The molecule has 1 aliphatic rings. The van der Waals surface area contributed by atoms with Gasteiger partial charge in [-0.1, -0.05) is 6.07 Å². The van der Waals surface area contributed by atoms with E-state index < -0.39 is 0 Å². The number of nitrogens with zero attached hydrogens (tertiary/aromatic N) is 1. The normalized spacial score (nSPS) is 24.6. The van der Waals surface area contributed by atoms with Gasteiger partial charge in [-0.3, -0.25) is 0 Å². The molecule has 1 aromatic heterocycles. The van der Waals surface area contributed by atoms with Crippen molar-refractivity contribution in [3.63, 3.8) is 0 Å². The molecule has 0 amide bonds. The first-order valence-electron chi connectivity index (χ1n) is 6.57. The van der Waals surface area contributed by atoms with E-state index >= 15 is 0 Å². The molecule has 0 saturated heterocycles. The summed E-state index contributed by atoms with van der Waals surface area (Å²) in [6.07, 6.45) is 6.85. The Morgan fingerprint density at radius 2 is 2.17 bits per heavy atom. The third-order valence-corrected chi connectivity index (χ3v) is 4.04. The Hall–Kier alpha value is -1.35. The van der Waals surface area contributed by atoms with Gasteiger partial charge in [-0.05, 0) is 43.9 Å². The van der Waals surface area contributed by atoms with Crippen LogP contribution in [0, 0.1) is 5.82 Å². The molecule has 2 atom stereocenters. The van der Waals surface area contributed by atoms with Crippen LogP contribution in [0.25, 0.3) is 10.9 Å². The molecule has 2 unspecified atom stereocenters. The van der Waals surface area contributed by atoms with E-state index in [0.717, 1.165) is 30.2 Å². The lowest BCUT2D eigenvalue weighted by atomic mass is 9.92. The van der Waals surface area contributed by atoms with Crippen LogP contribution in [0.15, 0.2) is 30.5 Å². The maximum absolute atomic E-state index is 13.7. The minimum atomic E-state index is -0.134. The largest absolute Gasteiger partial charge is 0.381 e. The van der Waals surface area contributed by atoms with E-state index in [2.05, 4.69) is 4.57 Å². The van der Waals surface area contributed by atoms with Crippen molar-refractivity contribution < 1.29 is 9.13 Å². The van der Waals surface area contributed by atoms with Gasteiger partial charge in [0.1, 0.15) is 5.82 Å². The molecule has 1 saturated carbocycles. The Morgan fingerprint density at radius 1 is 1.28 bits per heavy atom. The predicted octanol–water partition coefficient (Wildman–Crippen LogP) is 3.91. The second-order valence-electron chi connectivity index (χ2n) is 5.07. The summed E-state index contributed by atoms with van der Waals surface area (Å²) in [5, 5.41) is 0.719. The minimum Gasteiger partial charge on any atom is -0.381 e. The predicted molar refractivity (Wildman–Crippen MR) is 70.2 cm³/mol. The van der Waals surface area contributed by atoms with Crippen molar-refractivity contribution in [2.45, 2.75) is 37.8 Å². The Kier molecular flexibility index (Phi) is 3.08. The van der Waals surface area contributed by atoms with Gasteiger partial charge in [0.05, 0.1) is 11.6 Å².